The van der Waals surface area contributed by atoms with E-state index < -0.39 is 0 Å². The average molecular weight is 338 g/mol. The molecule has 0 aliphatic carbocycles. The maximum absolute atomic E-state index is 4.77. The molecule has 25 heavy (non-hydrogen) atoms. The van der Waals surface area contributed by atoms with E-state index in [2.05, 4.69) is 52.4 Å². The molecule has 1 aliphatic heterocycles. The van der Waals surface area contributed by atoms with E-state index in [1.165, 1.54) is 29.8 Å². The predicted octanol–water partition coefficient (Wildman–Crippen LogP) is 3.03. The topological polar surface area (TPSA) is 51.2 Å². The van der Waals surface area contributed by atoms with Crippen LogP contribution in [0.15, 0.2) is 12.3 Å². The molecule has 0 N–H and O–H groups in total. The molecule has 0 radical (unpaired) electrons. The Bertz CT molecular complexity index is 935. The Hall–Kier alpha value is -2.21. The van der Waals surface area contributed by atoms with E-state index in [9.17, 15) is 0 Å². The van der Waals surface area contributed by atoms with Gasteiger partial charge in [0.25, 0.3) is 0 Å². The van der Waals surface area contributed by atoms with Crippen LogP contribution in [0.1, 0.15) is 52.9 Å². The predicted molar refractivity (Wildman–Crippen MR) is 97.5 cm³/mol. The molecule has 3 aromatic rings. The van der Waals surface area contributed by atoms with Crippen molar-refractivity contribution in [3.8, 4) is 0 Å². The molecule has 0 bridgehead atoms. The molecular weight excluding hydrogens is 312 g/mol. The van der Waals surface area contributed by atoms with Gasteiger partial charge < -0.3 is 0 Å². The summed E-state index contributed by atoms with van der Waals surface area (Å²) in [5.41, 5.74) is 7.11. The van der Waals surface area contributed by atoms with Gasteiger partial charge >= 0.3 is 0 Å². The van der Waals surface area contributed by atoms with Crippen LogP contribution in [0.3, 0.4) is 0 Å². The SMILES string of the molecule is Cc1cc(C)n2cc(CN3CCC[C@H]3c3c(C)nn(C)c3C)nc2n1. The Morgan fingerprint density at radius 1 is 1.16 bits per heavy atom. The largest absolute Gasteiger partial charge is 0.290 e. The quantitative estimate of drug-likeness (QED) is 0.736. The minimum absolute atomic E-state index is 0.439. The Morgan fingerprint density at radius 2 is 1.96 bits per heavy atom. The van der Waals surface area contributed by atoms with Crippen molar-refractivity contribution in [1.82, 2.24) is 29.0 Å². The summed E-state index contributed by atoms with van der Waals surface area (Å²) in [6, 6.07) is 2.54. The molecular formula is C19H26N6. The van der Waals surface area contributed by atoms with E-state index in [0.29, 0.717) is 6.04 Å². The lowest BCUT2D eigenvalue weighted by Crippen LogP contribution is -2.23. The summed E-state index contributed by atoms with van der Waals surface area (Å²) in [5, 5.41) is 4.61. The van der Waals surface area contributed by atoms with Crippen LogP contribution >= 0.6 is 0 Å². The highest BCUT2D eigenvalue weighted by molar-refractivity contribution is 5.35. The van der Waals surface area contributed by atoms with E-state index in [0.717, 1.165) is 35.9 Å². The van der Waals surface area contributed by atoms with Crippen molar-refractivity contribution in [2.45, 2.75) is 53.1 Å². The highest BCUT2D eigenvalue weighted by atomic mass is 15.3. The van der Waals surface area contributed by atoms with Gasteiger partial charge in [0.2, 0.25) is 5.78 Å². The van der Waals surface area contributed by atoms with Crippen molar-refractivity contribution in [3.63, 3.8) is 0 Å². The zero-order valence-corrected chi connectivity index (χ0v) is 15.7. The summed E-state index contributed by atoms with van der Waals surface area (Å²) in [6.07, 6.45) is 4.55. The van der Waals surface area contributed by atoms with Gasteiger partial charge in [-0.05, 0) is 53.1 Å². The molecule has 0 amide bonds. The second-order valence-electron chi connectivity index (χ2n) is 7.28. The maximum Gasteiger partial charge on any atom is 0.234 e. The van der Waals surface area contributed by atoms with Crippen LogP contribution in [-0.4, -0.2) is 35.6 Å². The zero-order valence-electron chi connectivity index (χ0n) is 15.7. The first kappa shape index (κ1) is 16.3. The molecule has 4 heterocycles. The van der Waals surface area contributed by atoms with Gasteiger partial charge in [-0.2, -0.15) is 5.10 Å². The van der Waals surface area contributed by atoms with Gasteiger partial charge in [0.15, 0.2) is 0 Å². The van der Waals surface area contributed by atoms with Gasteiger partial charge in [0.05, 0.1) is 11.4 Å². The summed E-state index contributed by atoms with van der Waals surface area (Å²) >= 11 is 0. The molecule has 6 nitrogen and oxygen atoms in total. The van der Waals surface area contributed by atoms with Crippen LogP contribution in [0, 0.1) is 27.7 Å². The molecule has 3 aromatic heterocycles. The fourth-order valence-corrected chi connectivity index (χ4v) is 4.22. The second kappa shape index (κ2) is 5.95. The molecule has 1 aliphatic rings. The number of likely N-dealkylation sites (tertiary alicyclic amines) is 1. The molecule has 1 atom stereocenters. The number of nitrogens with zero attached hydrogens (tertiary/aromatic N) is 6. The van der Waals surface area contributed by atoms with Crippen LogP contribution in [-0.2, 0) is 13.6 Å². The first-order chi connectivity index (χ1) is 11.9. The monoisotopic (exact) mass is 338 g/mol. The molecule has 1 fully saturated rings. The standard InChI is InChI=1S/C19H26N6/c1-12-9-13(2)25-11-16(21-19(25)20-12)10-24-8-6-7-17(24)18-14(3)22-23(5)15(18)4/h9,11,17H,6-8,10H2,1-5H3/t17-/m0/s1. The fraction of sp³-hybridized carbons (Fsp3) is 0.526. The maximum atomic E-state index is 4.77. The van der Waals surface area contributed by atoms with Crippen LogP contribution in [0.25, 0.3) is 5.78 Å². The van der Waals surface area contributed by atoms with E-state index in [1.54, 1.807) is 0 Å². The van der Waals surface area contributed by atoms with Gasteiger partial charge in [-0.25, -0.2) is 9.97 Å². The van der Waals surface area contributed by atoms with E-state index in [1.807, 2.05) is 18.7 Å². The van der Waals surface area contributed by atoms with Gasteiger partial charge in [-0.3, -0.25) is 14.0 Å². The Kier molecular flexibility index (Phi) is 3.87. The summed E-state index contributed by atoms with van der Waals surface area (Å²) in [4.78, 5) is 11.9. The highest BCUT2D eigenvalue weighted by Crippen LogP contribution is 2.36. The number of fused-ring (bicyclic) bond motifs is 1. The number of aromatic nitrogens is 5. The third-order valence-electron chi connectivity index (χ3n) is 5.44. The summed E-state index contributed by atoms with van der Waals surface area (Å²) in [5.74, 6) is 0.803. The molecule has 132 valence electrons. The van der Waals surface area contributed by atoms with Crippen molar-refractivity contribution >= 4 is 5.78 Å². The van der Waals surface area contributed by atoms with Crippen LogP contribution in [0.4, 0.5) is 0 Å². The third-order valence-corrected chi connectivity index (χ3v) is 5.44. The van der Waals surface area contributed by atoms with Gasteiger partial charge in [-0.15, -0.1) is 0 Å². The van der Waals surface area contributed by atoms with Gasteiger partial charge in [-0.1, -0.05) is 0 Å². The highest BCUT2D eigenvalue weighted by Gasteiger charge is 2.30. The molecule has 0 saturated carbocycles. The summed E-state index contributed by atoms with van der Waals surface area (Å²) < 4.78 is 4.09. The molecule has 1 saturated heterocycles. The summed E-state index contributed by atoms with van der Waals surface area (Å²) in [6.45, 7) is 10.4. The minimum atomic E-state index is 0.439. The Morgan fingerprint density at radius 3 is 2.68 bits per heavy atom. The van der Waals surface area contributed by atoms with E-state index in [-0.39, 0.29) is 0 Å². The van der Waals surface area contributed by atoms with Crippen molar-refractivity contribution in [2.75, 3.05) is 6.54 Å². The number of rotatable bonds is 3. The second-order valence-corrected chi connectivity index (χ2v) is 7.28. The van der Waals surface area contributed by atoms with E-state index in [4.69, 9.17) is 4.98 Å². The van der Waals surface area contributed by atoms with Crippen LogP contribution in [0.2, 0.25) is 0 Å². The lowest BCUT2D eigenvalue weighted by molar-refractivity contribution is 0.244. The lowest BCUT2D eigenvalue weighted by atomic mass is 10.0. The zero-order chi connectivity index (χ0) is 17.7. The van der Waals surface area contributed by atoms with Crippen molar-refractivity contribution < 1.29 is 0 Å². The minimum Gasteiger partial charge on any atom is -0.290 e. The van der Waals surface area contributed by atoms with Crippen molar-refractivity contribution in [3.05, 3.63) is 46.3 Å². The average Bonchev–Trinajstić information content (AvgIpc) is 3.20. The fourth-order valence-electron chi connectivity index (χ4n) is 4.22. The van der Waals surface area contributed by atoms with Crippen molar-refractivity contribution in [1.29, 1.82) is 0 Å². The number of hydrogen-bond donors (Lipinski definition) is 0. The third kappa shape index (κ3) is 2.74. The van der Waals surface area contributed by atoms with Crippen molar-refractivity contribution in [2.24, 2.45) is 7.05 Å². The first-order valence-electron chi connectivity index (χ1n) is 9.00. The Balaban J connectivity index is 1.64. The smallest absolute Gasteiger partial charge is 0.234 e. The molecule has 0 spiro atoms. The molecule has 6 heteroatoms. The number of imidazole rings is 1. The van der Waals surface area contributed by atoms with Gasteiger partial charge in [0.1, 0.15) is 0 Å². The number of hydrogen-bond acceptors (Lipinski definition) is 4. The first-order valence-corrected chi connectivity index (χ1v) is 9.00. The molecule has 0 unspecified atom stereocenters. The summed E-state index contributed by atoms with van der Waals surface area (Å²) in [7, 11) is 2.03. The van der Waals surface area contributed by atoms with Crippen LogP contribution < -0.4 is 0 Å². The molecule has 4 rings (SSSR count). The Labute approximate surface area is 148 Å². The van der Waals surface area contributed by atoms with Crippen LogP contribution in [0.5, 0.6) is 0 Å². The molecule has 0 aromatic carbocycles. The number of aryl methyl sites for hydroxylation is 4. The van der Waals surface area contributed by atoms with E-state index >= 15 is 0 Å². The van der Waals surface area contributed by atoms with Gasteiger partial charge in [0, 0.05) is 48.5 Å². The normalized spacial score (nSPS) is 18.5. The lowest BCUT2D eigenvalue weighted by Gasteiger charge is -2.24.